The molecule has 2 aliphatic rings. The van der Waals surface area contributed by atoms with Crippen molar-refractivity contribution in [3.8, 4) is 22.7 Å². The van der Waals surface area contributed by atoms with Gasteiger partial charge in [-0.05, 0) is 56.0 Å². The number of benzene rings is 2. The van der Waals surface area contributed by atoms with E-state index in [9.17, 15) is 18.0 Å². The van der Waals surface area contributed by atoms with Gasteiger partial charge in [0.15, 0.2) is 17.5 Å². The van der Waals surface area contributed by atoms with Crippen LogP contribution in [-0.2, 0) is 13.5 Å². The number of aryl methyl sites for hydroxylation is 1. The zero-order valence-corrected chi connectivity index (χ0v) is 20.2. The van der Waals surface area contributed by atoms with Gasteiger partial charge in [0.1, 0.15) is 18.4 Å². The fourth-order valence-electron chi connectivity index (χ4n) is 5.69. The normalized spacial score (nSPS) is 18.6. The fraction of sp³-hybridized carbons (Fsp3) is 0.308. The third-order valence-electron chi connectivity index (χ3n) is 7.27. The Balaban J connectivity index is 1.45. The number of piperidine rings is 1. The van der Waals surface area contributed by atoms with Crippen LogP contribution in [0.1, 0.15) is 46.9 Å². The summed E-state index contributed by atoms with van der Waals surface area (Å²) in [7, 11) is 3.23. The van der Waals surface area contributed by atoms with Gasteiger partial charge in [0.25, 0.3) is 5.91 Å². The van der Waals surface area contributed by atoms with Crippen molar-refractivity contribution in [2.24, 2.45) is 7.05 Å². The molecule has 37 heavy (non-hydrogen) atoms. The number of rotatable bonds is 4. The average Bonchev–Trinajstić information content (AvgIpc) is 3.54. The Morgan fingerprint density at radius 2 is 1.89 bits per heavy atom. The van der Waals surface area contributed by atoms with Crippen LogP contribution in [0.5, 0.6) is 5.75 Å². The molecule has 190 valence electrons. The number of methoxy groups -OCH3 is 1. The minimum Gasteiger partial charge on any atom is -0.497 e. The van der Waals surface area contributed by atoms with Crippen molar-refractivity contribution in [3.63, 3.8) is 0 Å². The van der Waals surface area contributed by atoms with E-state index in [-0.39, 0.29) is 23.6 Å². The van der Waals surface area contributed by atoms with Gasteiger partial charge in [-0.3, -0.25) is 9.48 Å². The van der Waals surface area contributed by atoms with Gasteiger partial charge in [0, 0.05) is 24.2 Å². The third-order valence-corrected chi connectivity index (χ3v) is 7.27. The number of fused-ring (bicyclic) bond motifs is 4. The van der Waals surface area contributed by atoms with Crippen LogP contribution in [0.3, 0.4) is 0 Å². The number of aromatic nitrogens is 5. The second-order valence-electron chi connectivity index (χ2n) is 9.33. The lowest BCUT2D eigenvalue weighted by Crippen LogP contribution is -2.50. The molecule has 2 aromatic heterocycles. The lowest BCUT2D eigenvalue weighted by Gasteiger charge is -2.45. The van der Waals surface area contributed by atoms with E-state index in [0.29, 0.717) is 41.2 Å². The van der Waals surface area contributed by atoms with Gasteiger partial charge in [0.2, 0.25) is 0 Å². The van der Waals surface area contributed by atoms with Crippen molar-refractivity contribution < 1.29 is 22.7 Å². The molecule has 1 amide bonds. The molecule has 6 rings (SSSR count). The van der Waals surface area contributed by atoms with E-state index in [0.717, 1.165) is 30.5 Å². The highest BCUT2D eigenvalue weighted by Gasteiger charge is 2.44. The number of halogens is 3. The maximum atomic E-state index is 14.1. The minimum absolute atomic E-state index is 0.147. The molecular formula is C26H23F3N6O2. The van der Waals surface area contributed by atoms with Crippen LogP contribution in [0.2, 0.25) is 0 Å². The molecule has 0 spiro atoms. The summed E-state index contributed by atoms with van der Waals surface area (Å²) in [4.78, 5) is 20.0. The summed E-state index contributed by atoms with van der Waals surface area (Å²) in [5.74, 6) is -3.66. The predicted molar refractivity (Wildman–Crippen MR) is 127 cm³/mol. The van der Waals surface area contributed by atoms with Gasteiger partial charge in [0.05, 0.1) is 35.8 Å². The number of amides is 1. The summed E-state index contributed by atoms with van der Waals surface area (Å²) < 4.78 is 50.3. The van der Waals surface area contributed by atoms with Crippen molar-refractivity contribution >= 4 is 5.91 Å². The van der Waals surface area contributed by atoms with Gasteiger partial charge in [-0.15, -0.1) is 0 Å². The van der Waals surface area contributed by atoms with E-state index >= 15 is 0 Å². The van der Waals surface area contributed by atoms with E-state index in [1.54, 1.807) is 29.9 Å². The standard InChI is InChI=1S/C26H23F3N6O2/c1-33-25(14-8-19(27)23(29)20(28)9-14)18-10-15-4-3-5-22(24(18)32-33)35(15)26(36)17-11-16(37-2)6-7-21(17)34-13-30-12-31-34/h6-9,11-13,15,22H,3-5,10H2,1-2H3/t15-,22+/m1/s1. The molecule has 4 aromatic rings. The van der Waals surface area contributed by atoms with Crippen molar-refractivity contribution in [2.45, 2.75) is 37.8 Å². The van der Waals surface area contributed by atoms with Gasteiger partial charge in [-0.1, -0.05) is 0 Å². The zero-order chi connectivity index (χ0) is 25.8. The Hall–Kier alpha value is -4.15. The maximum absolute atomic E-state index is 14.1. The molecule has 8 nitrogen and oxygen atoms in total. The lowest BCUT2D eigenvalue weighted by atomic mass is 9.81. The highest BCUT2D eigenvalue weighted by molar-refractivity contribution is 5.99. The van der Waals surface area contributed by atoms with Gasteiger partial charge in [-0.25, -0.2) is 22.8 Å². The van der Waals surface area contributed by atoms with Gasteiger partial charge in [-0.2, -0.15) is 10.2 Å². The number of ether oxygens (including phenoxy) is 1. The molecule has 4 heterocycles. The van der Waals surface area contributed by atoms with Crippen LogP contribution < -0.4 is 4.74 Å². The summed E-state index contributed by atoms with van der Waals surface area (Å²) in [6.07, 6.45) is 5.77. The second kappa shape index (κ2) is 8.75. The van der Waals surface area contributed by atoms with Crippen molar-refractivity contribution in [1.82, 2.24) is 29.4 Å². The number of carbonyl (C=O) groups excluding carboxylic acids is 1. The molecule has 1 saturated heterocycles. The molecular weight excluding hydrogens is 485 g/mol. The first-order chi connectivity index (χ1) is 17.9. The Bertz CT molecular complexity index is 1490. The Morgan fingerprint density at radius 1 is 1.11 bits per heavy atom. The van der Waals surface area contributed by atoms with Crippen LogP contribution in [0, 0.1) is 17.5 Å². The first kappa shape index (κ1) is 23.3. The number of hydrogen-bond acceptors (Lipinski definition) is 5. The first-order valence-electron chi connectivity index (χ1n) is 11.9. The summed E-state index contributed by atoms with van der Waals surface area (Å²) >= 11 is 0. The van der Waals surface area contributed by atoms with Crippen molar-refractivity contribution in [3.05, 3.63) is 77.3 Å². The Kier molecular flexibility index (Phi) is 5.50. The van der Waals surface area contributed by atoms with Crippen molar-refractivity contribution in [1.29, 1.82) is 0 Å². The molecule has 2 aromatic carbocycles. The monoisotopic (exact) mass is 508 g/mol. The largest absolute Gasteiger partial charge is 0.497 e. The average molecular weight is 509 g/mol. The minimum atomic E-state index is -1.50. The Morgan fingerprint density at radius 3 is 2.59 bits per heavy atom. The molecule has 0 saturated carbocycles. The van der Waals surface area contributed by atoms with E-state index in [1.807, 2.05) is 4.90 Å². The van der Waals surface area contributed by atoms with Crippen LogP contribution in [0.25, 0.3) is 16.9 Å². The van der Waals surface area contributed by atoms with E-state index < -0.39 is 17.5 Å². The summed E-state index contributed by atoms with van der Waals surface area (Å²) in [5.41, 5.74) is 3.26. The van der Waals surface area contributed by atoms with E-state index in [4.69, 9.17) is 9.84 Å². The zero-order valence-electron chi connectivity index (χ0n) is 20.2. The summed E-state index contributed by atoms with van der Waals surface area (Å²) in [5, 5.41) is 8.89. The lowest BCUT2D eigenvalue weighted by molar-refractivity contribution is 0.0391. The second-order valence-corrected chi connectivity index (χ2v) is 9.33. The maximum Gasteiger partial charge on any atom is 0.257 e. The molecule has 11 heteroatoms. The molecule has 0 N–H and O–H groups in total. The summed E-state index contributed by atoms with van der Waals surface area (Å²) in [6.45, 7) is 0. The van der Waals surface area contributed by atoms with Crippen LogP contribution in [0.4, 0.5) is 13.2 Å². The molecule has 2 aliphatic heterocycles. The van der Waals surface area contributed by atoms with Crippen LogP contribution in [0.15, 0.2) is 43.0 Å². The fourth-order valence-corrected chi connectivity index (χ4v) is 5.69. The quantitative estimate of drug-likeness (QED) is 0.382. The number of hydrogen-bond donors (Lipinski definition) is 0. The molecule has 0 radical (unpaired) electrons. The van der Waals surface area contributed by atoms with Crippen molar-refractivity contribution in [2.75, 3.05) is 7.11 Å². The summed E-state index contributed by atoms with van der Waals surface area (Å²) in [6, 6.07) is 6.73. The smallest absolute Gasteiger partial charge is 0.257 e. The molecule has 0 unspecified atom stereocenters. The topological polar surface area (TPSA) is 78.1 Å². The predicted octanol–water partition coefficient (Wildman–Crippen LogP) is 4.39. The molecule has 2 atom stereocenters. The van der Waals surface area contributed by atoms with Gasteiger partial charge < -0.3 is 9.64 Å². The third kappa shape index (κ3) is 3.68. The first-order valence-corrected chi connectivity index (χ1v) is 11.9. The van der Waals surface area contributed by atoms with Gasteiger partial charge >= 0.3 is 0 Å². The van der Waals surface area contributed by atoms with Crippen LogP contribution >= 0.6 is 0 Å². The number of nitrogens with zero attached hydrogens (tertiary/aromatic N) is 6. The van der Waals surface area contributed by atoms with E-state index in [1.165, 1.54) is 24.4 Å². The SMILES string of the molecule is COc1ccc(-n2cncn2)c(C(=O)N2[C@@H]3CCC[C@H]2c2nn(C)c(-c4cc(F)c(F)c(F)c4)c2C3)c1. The molecule has 0 aliphatic carbocycles. The van der Waals surface area contributed by atoms with E-state index in [2.05, 4.69) is 10.1 Å². The Labute approximate surface area is 210 Å². The van der Waals surface area contributed by atoms with Crippen LogP contribution in [-0.4, -0.2) is 48.5 Å². The number of carbonyl (C=O) groups is 1. The highest BCUT2D eigenvalue weighted by atomic mass is 19.2. The molecule has 2 bridgehead atoms. The highest BCUT2D eigenvalue weighted by Crippen LogP contribution is 2.45. The molecule has 1 fully saturated rings.